The molecule has 0 spiro atoms. The molecule has 43 heavy (non-hydrogen) atoms. The zero-order chi connectivity index (χ0) is 30.2. The third-order valence-corrected chi connectivity index (χ3v) is 9.66. The number of thiocarbonyl (C=S) groups is 1. The van der Waals surface area contributed by atoms with Crippen LogP contribution in [-0.2, 0) is 28.9 Å². The molecule has 1 aliphatic carbocycles. The molecule has 2 aromatic heterocycles. The fourth-order valence-electron chi connectivity index (χ4n) is 5.96. The van der Waals surface area contributed by atoms with Crippen LogP contribution in [0.4, 0.5) is 11.4 Å². The van der Waals surface area contributed by atoms with Gasteiger partial charge in [-0.15, -0.1) is 11.3 Å². The zero-order valence-corrected chi connectivity index (χ0v) is 26.0. The minimum absolute atomic E-state index is 0.00674. The van der Waals surface area contributed by atoms with Crippen LogP contribution in [0.2, 0.25) is 0 Å². The number of rotatable bonds is 6. The number of carbonyl (C=O) groups is 3. The molecule has 2 N–H and O–H groups in total. The molecule has 1 fully saturated rings. The van der Waals surface area contributed by atoms with Crippen LogP contribution in [0.25, 0.3) is 11.1 Å². The smallest absolute Gasteiger partial charge is 0.270 e. The average molecular weight is 609 g/mol. The molecular formula is C34H32N4O3S2. The van der Waals surface area contributed by atoms with Crippen molar-refractivity contribution in [3.05, 3.63) is 105 Å². The van der Waals surface area contributed by atoms with Crippen LogP contribution in [0.3, 0.4) is 0 Å². The number of para-hydroxylation sites is 2. The van der Waals surface area contributed by atoms with Crippen LogP contribution in [0.15, 0.2) is 66.2 Å². The quantitative estimate of drug-likeness (QED) is 0.145. The number of nitrogens with zero attached hydrogens (tertiary/aromatic N) is 2. The maximum Gasteiger partial charge on any atom is 0.270 e. The molecule has 7 nitrogen and oxygen atoms in total. The van der Waals surface area contributed by atoms with Crippen molar-refractivity contribution in [1.82, 2.24) is 9.88 Å². The molecule has 6 rings (SSSR count). The minimum Gasteiger partial charge on any atom is -0.322 e. The van der Waals surface area contributed by atoms with Gasteiger partial charge < -0.3 is 9.88 Å². The summed E-state index contributed by atoms with van der Waals surface area (Å²) in [6.45, 7) is 5.95. The number of anilines is 2. The number of fused-ring (bicyclic) bond motifs is 1. The fourth-order valence-corrected chi connectivity index (χ4v) is 7.74. The second-order valence-electron chi connectivity index (χ2n) is 10.8. The first kappa shape index (κ1) is 28.8. The predicted molar refractivity (Wildman–Crippen MR) is 176 cm³/mol. The Hall–Kier alpha value is -4.34. The fraction of sp³-hybridized carbons (Fsp3) is 0.235. The number of hydrogen-bond donors (Lipinski definition) is 2. The molecule has 3 heterocycles. The number of aromatic nitrogens is 1. The van der Waals surface area contributed by atoms with Gasteiger partial charge >= 0.3 is 0 Å². The van der Waals surface area contributed by atoms with Gasteiger partial charge in [0.25, 0.3) is 17.7 Å². The molecule has 218 valence electrons. The van der Waals surface area contributed by atoms with Crippen LogP contribution < -0.4 is 15.5 Å². The van der Waals surface area contributed by atoms with E-state index in [1.807, 2.05) is 81.4 Å². The molecule has 9 heteroatoms. The number of hydrogen-bond acceptors (Lipinski definition) is 5. The first-order valence-corrected chi connectivity index (χ1v) is 15.7. The molecule has 3 amide bonds. The third-order valence-electron chi connectivity index (χ3n) is 8.10. The summed E-state index contributed by atoms with van der Waals surface area (Å²) in [6.07, 6.45) is 6.31. The van der Waals surface area contributed by atoms with Gasteiger partial charge in [0.15, 0.2) is 5.11 Å². The molecule has 0 saturated carbocycles. The van der Waals surface area contributed by atoms with Crippen molar-refractivity contribution in [2.75, 3.05) is 10.2 Å². The molecular weight excluding hydrogens is 577 g/mol. The molecule has 0 atom stereocenters. The van der Waals surface area contributed by atoms with Crippen molar-refractivity contribution >= 4 is 63.8 Å². The summed E-state index contributed by atoms with van der Waals surface area (Å²) in [7, 11) is 0. The van der Waals surface area contributed by atoms with Crippen LogP contribution in [0.5, 0.6) is 0 Å². The first-order chi connectivity index (χ1) is 20.8. The van der Waals surface area contributed by atoms with Gasteiger partial charge in [-0.25, -0.2) is 0 Å². The Labute approximate surface area is 260 Å². The van der Waals surface area contributed by atoms with Crippen molar-refractivity contribution in [3.63, 3.8) is 0 Å². The van der Waals surface area contributed by atoms with Gasteiger partial charge in [-0.3, -0.25) is 24.6 Å². The van der Waals surface area contributed by atoms with E-state index in [0.29, 0.717) is 17.7 Å². The zero-order valence-electron chi connectivity index (χ0n) is 24.3. The lowest BCUT2D eigenvalue weighted by Crippen LogP contribution is -2.54. The maximum absolute atomic E-state index is 13.8. The Morgan fingerprint density at radius 2 is 1.77 bits per heavy atom. The summed E-state index contributed by atoms with van der Waals surface area (Å²) in [5.74, 6) is -1.12. The molecule has 0 radical (unpaired) electrons. The lowest BCUT2D eigenvalue weighted by molar-refractivity contribution is -0.122. The topological polar surface area (TPSA) is 83.4 Å². The summed E-state index contributed by atoms with van der Waals surface area (Å²) in [4.78, 5) is 43.3. The lowest BCUT2D eigenvalue weighted by Gasteiger charge is -2.30. The van der Waals surface area contributed by atoms with E-state index in [-0.39, 0.29) is 16.6 Å². The summed E-state index contributed by atoms with van der Waals surface area (Å²) in [5, 5.41) is 6.72. The highest BCUT2D eigenvalue weighted by molar-refractivity contribution is 7.80. The second kappa shape index (κ2) is 11.7. The number of benzene rings is 2. The number of aryl methyl sites for hydroxylation is 3. The summed E-state index contributed by atoms with van der Waals surface area (Å²) in [6, 6.07) is 19.0. The van der Waals surface area contributed by atoms with E-state index in [0.717, 1.165) is 64.4 Å². The Kier molecular flexibility index (Phi) is 7.85. The van der Waals surface area contributed by atoms with E-state index in [1.165, 1.54) is 9.78 Å². The number of nitrogens with one attached hydrogen (secondary N) is 2. The SMILES string of the molecule is CCc1ccccc1N1C(=O)/C(=C/c2cc(C)n(-c3sc4c(c3C(=O)Nc3ccccc3)CCCC4)c2C)C(=O)NC1=S. The van der Waals surface area contributed by atoms with E-state index < -0.39 is 11.8 Å². The molecule has 2 aromatic carbocycles. The Morgan fingerprint density at radius 3 is 2.53 bits per heavy atom. The molecule has 0 bridgehead atoms. The van der Waals surface area contributed by atoms with Crippen LogP contribution in [0.1, 0.15) is 63.1 Å². The monoisotopic (exact) mass is 608 g/mol. The summed E-state index contributed by atoms with van der Waals surface area (Å²) < 4.78 is 2.08. The van der Waals surface area contributed by atoms with Crippen molar-refractivity contribution in [2.45, 2.75) is 52.9 Å². The van der Waals surface area contributed by atoms with Gasteiger partial charge in [0.1, 0.15) is 10.6 Å². The largest absolute Gasteiger partial charge is 0.322 e. The minimum atomic E-state index is -0.528. The second-order valence-corrected chi connectivity index (χ2v) is 12.3. The standard InChI is InChI=1S/C34H32N4O3S2/c1-4-22-12-8-10-16-27(22)38-32(41)26(30(39)36-34(38)42)19-23-18-20(2)37(21(23)3)33-29(25-15-9-11-17-28(25)43-33)31(40)35-24-13-6-5-7-14-24/h5-8,10,12-14,16,18-19H,4,9,11,15,17H2,1-3H3,(H,35,40)(H,36,39,42)/b26-19+. The molecule has 1 saturated heterocycles. The molecule has 4 aromatic rings. The van der Waals surface area contributed by atoms with Crippen molar-refractivity contribution in [2.24, 2.45) is 0 Å². The summed E-state index contributed by atoms with van der Waals surface area (Å²) in [5.41, 5.74) is 6.66. The van der Waals surface area contributed by atoms with Gasteiger partial charge in [-0.1, -0.05) is 43.3 Å². The van der Waals surface area contributed by atoms with E-state index >= 15 is 0 Å². The highest BCUT2D eigenvalue weighted by atomic mass is 32.1. The van der Waals surface area contributed by atoms with Crippen LogP contribution >= 0.6 is 23.6 Å². The van der Waals surface area contributed by atoms with E-state index in [9.17, 15) is 14.4 Å². The Balaban J connectivity index is 1.42. The van der Waals surface area contributed by atoms with Crippen molar-refractivity contribution < 1.29 is 14.4 Å². The van der Waals surface area contributed by atoms with Gasteiger partial charge in [0.05, 0.1) is 11.3 Å². The molecule has 0 unspecified atom stereocenters. The van der Waals surface area contributed by atoms with Crippen LogP contribution in [0, 0.1) is 13.8 Å². The van der Waals surface area contributed by atoms with Gasteiger partial charge in [-0.05, 0) is 105 Å². The van der Waals surface area contributed by atoms with E-state index in [4.69, 9.17) is 12.2 Å². The van der Waals surface area contributed by atoms with Crippen LogP contribution in [-0.4, -0.2) is 27.4 Å². The first-order valence-electron chi connectivity index (χ1n) is 14.5. The van der Waals surface area contributed by atoms with Gasteiger partial charge in [0.2, 0.25) is 0 Å². The van der Waals surface area contributed by atoms with E-state index in [2.05, 4.69) is 15.2 Å². The number of thiophene rings is 1. The van der Waals surface area contributed by atoms with Gasteiger partial charge in [-0.2, -0.15) is 0 Å². The van der Waals surface area contributed by atoms with E-state index in [1.54, 1.807) is 17.4 Å². The maximum atomic E-state index is 13.8. The highest BCUT2D eigenvalue weighted by Gasteiger charge is 2.36. The third kappa shape index (κ3) is 5.23. The van der Waals surface area contributed by atoms with Crippen molar-refractivity contribution in [1.29, 1.82) is 0 Å². The molecule has 1 aliphatic heterocycles. The van der Waals surface area contributed by atoms with Crippen molar-refractivity contribution in [3.8, 4) is 5.00 Å². The highest BCUT2D eigenvalue weighted by Crippen LogP contribution is 2.39. The Morgan fingerprint density at radius 1 is 1.05 bits per heavy atom. The lowest BCUT2D eigenvalue weighted by atomic mass is 9.95. The Bertz CT molecular complexity index is 1820. The number of amides is 3. The molecule has 2 aliphatic rings. The predicted octanol–water partition coefficient (Wildman–Crippen LogP) is 6.68. The normalized spacial score (nSPS) is 15.9. The van der Waals surface area contributed by atoms with Gasteiger partial charge in [0, 0.05) is 22.0 Å². The number of carbonyl (C=O) groups excluding carboxylic acids is 3. The summed E-state index contributed by atoms with van der Waals surface area (Å²) >= 11 is 7.09. The average Bonchev–Trinajstić information content (AvgIpc) is 3.51.